The van der Waals surface area contributed by atoms with Crippen LogP contribution in [0.5, 0.6) is 0 Å². The van der Waals surface area contributed by atoms with E-state index in [4.69, 9.17) is 15.2 Å². The SMILES string of the molecule is CCCCCNC(=O)COCCOCCN. The summed E-state index contributed by atoms with van der Waals surface area (Å²) >= 11 is 0. The molecule has 0 heterocycles. The zero-order valence-corrected chi connectivity index (χ0v) is 10.2. The maximum Gasteiger partial charge on any atom is 0.245 e. The molecule has 0 atom stereocenters. The Morgan fingerprint density at radius 1 is 1.19 bits per heavy atom. The third-order valence-corrected chi connectivity index (χ3v) is 1.97. The van der Waals surface area contributed by atoms with Crippen LogP contribution in [0.4, 0.5) is 0 Å². The Hall–Kier alpha value is -0.650. The number of hydrogen-bond acceptors (Lipinski definition) is 4. The lowest BCUT2D eigenvalue weighted by molar-refractivity contribution is -0.126. The van der Waals surface area contributed by atoms with Crippen molar-refractivity contribution in [3.05, 3.63) is 0 Å². The van der Waals surface area contributed by atoms with E-state index < -0.39 is 0 Å². The fourth-order valence-corrected chi connectivity index (χ4v) is 1.12. The van der Waals surface area contributed by atoms with Gasteiger partial charge in [0.25, 0.3) is 0 Å². The highest BCUT2D eigenvalue weighted by molar-refractivity contribution is 5.77. The van der Waals surface area contributed by atoms with Crippen molar-refractivity contribution in [2.24, 2.45) is 5.73 Å². The molecule has 5 heteroatoms. The van der Waals surface area contributed by atoms with Gasteiger partial charge in [-0.2, -0.15) is 0 Å². The fourth-order valence-electron chi connectivity index (χ4n) is 1.12. The molecule has 0 aromatic rings. The molecule has 0 aromatic carbocycles. The summed E-state index contributed by atoms with van der Waals surface area (Å²) in [6.07, 6.45) is 3.33. The molecule has 0 fully saturated rings. The van der Waals surface area contributed by atoms with Gasteiger partial charge < -0.3 is 20.5 Å². The summed E-state index contributed by atoms with van der Waals surface area (Å²) < 4.78 is 10.2. The van der Waals surface area contributed by atoms with Crippen LogP contribution in [0.3, 0.4) is 0 Å². The van der Waals surface area contributed by atoms with Crippen LogP contribution in [0.1, 0.15) is 26.2 Å². The largest absolute Gasteiger partial charge is 0.378 e. The minimum absolute atomic E-state index is 0.0603. The van der Waals surface area contributed by atoms with E-state index in [2.05, 4.69) is 12.2 Å². The predicted molar refractivity (Wildman–Crippen MR) is 63.2 cm³/mol. The van der Waals surface area contributed by atoms with Crippen molar-refractivity contribution in [3.63, 3.8) is 0 Å². The number of unbranched alkanes of at least 4 members (excludes halogenated alkanes) is 2. The first kappa shape index (κ1) is 15.3. The van der Waals surface area contributed by atoms with Gasteiger partial charge in [0.05, 0.1) is 19.8 Å². The van der Waals surface area contributed by atoms with Crippen LogP contribution < -0.4 is 11.1 Å². The molecule has 16 heavy (non-hydrogen) atoms. The van der Waals surface area contributed by atoms with Crippen molar-refractivity contribution in [2.45, 2.75) is 26.2 Å². The average Bonchev–Trinajstić information content (AvgIpc) is 2.29. The zero-order chi connectivity index (χ0) is 12.1. The molecule has 0 radical (unpaired) electrons. The normalized spacial score (nSPS) is 10.4. The van der Waals surface area contributed by atoms with Crippen molar-refractivity contribution < 1.29 is 14.3 Å². The van der Waals surface area contributed by atoms with E-state index in [9.17, 15) is 4.79 Å². The van der Waals surface area contributed by atoms with Crippen LogP contribution in [-0.2, 0) is 14.3 Å². The molecule has 5 nitrogen and oxygen atoms in total. The van der Waals surface area contributed by atoms with Crippen LogP contribution >= 0.6 is 0 Å². The second-order valence-corrected chi connectivity index (χ2v) is 3.51. The Kier molecular flexibility index (Phi) is 11.9. The highest BCUT2D eigenvalue weighted by atomic mass is 16.5. The van der Waals surface area contributed by atoms with Gasteiger partial charge in [-0.05, 0) is 6.42 Å². The molecule has 0 rings (SSSR count). The lowest BCUT2D eigenvalue weighted by Crippen LogP contribution is -2.29. The van der Waals surface area contributed by atoms with E-state index in [1.807, 2.05) is 0 Å². The molecular formula is C11H24N2O3. The maximum absolute atomic E-state index is 11.2. The van der Waals surface area contributed by atoms with Crippen LogP contribution in [0.25, 0.3) is 0 Å². The van der Waals surface area contributed by atoms with Crippen LogP contribution in [0, 0.1) is 0 Å². The van der Waals surface area contributed by atoms with Gasteiger partial charge in [-0.25, -0.2) is 0 Å². The number of nitrogens with two attached hydrogens (primary N) is 1. The highest BCUT2D eigenvalue weighted by Crippen LogP contribution is 1.90. The summed E-state index contributed by atoms with van der Waals surface area (Å²) in [6, 6.07) is 0. The van der Waals surface area contributed by atoms with E-state index in [-0.39, 0.29) is 12.5 Å². The highest BCUT2D eigenvalue weighted by Gasteiger charge is 1.99. The Morgan fingerprint density at radius 3 is 2.62 bits per heavy atom. The molecule has 0 bridgehead atoms. The van der Waals surface area contributed by atoms with Crippen molar-refractivity contribution >= 4 is 5.91 Å². The summed E-state index contributed by atoms with van der Waals surface area (Å²) in [7, 11) is 0. The number of amides is 1. The molecule has 3 N–H and O–H groups in total. The maximum atomic E-state index is 11.2. The quantitative estimate of drug-likeness (QED) is 0.502. The van der Waals surface area contributed by atoms with Gasteiger partial charge in [0, 0.05) is 13.1 Å². The van der Waals surface area contributed by atoms with Crippen LogP contribution in [0.15, 0.2) is 0 Å². The van der Waals surface area contributed by atoms with Crippen molar-refractivity contribution in [1.82, 2.24) is 5.32 Å². The lowest BCUT2D eigenvalue weighted by Gasteiger charge is -2.06. The van der Waals surface area contributed by atoms with Crippen molar-refractivity contribution in [2.75, 3.05) is 39.5 Å². The van der Waals surface area contributed by atoms with E-state index in [1.165, 1.54) is 0 Å². The molecule has 0 aromatic heterocycles. The molecule has 0 saturated heterocycles. The molecule has 0 aliphatic heterocycles. The first-order chi connectivity index (χ1) is 7.81. The van der Waals surface area contributed by atoms with Gasteiger partial charge in [0.2, 0.25) is 5.91 Å². The minimum atomic E-state index is -0.0603. The van der Waals surface area contributed by atoms with Gasteiger partial charge in [-0.15, -0.1) is 0 Å². The minimum Gasteiger partial charge on any atom is -0.378 e. The molecule has 0 spiro atoms. The number of carbonyl (C=O) groups excluding carboxylic acids is 1. The Bertz CT molecular complexity index is 165. The van der Waals surface area contributed by atoms with Crippen molar-refractivity contribution in [3.8, 4) is 0 Å². The summed E-state index contributed by atoms with van der Waals surface area (Å²) in [5, 5.41) is 2.79. The number of nitrogens with one attached hydrogen (secondary N) is 1. The van der Waals surface area contributed by atoms with Crippen LogP contribution in [-0.4, -0.2) is 45.4 Å². The Balaban J connectivity index is 3.11. The first-order valence-corrected chi connectivity index (χ1v) is 5.93. The van der Waals surface area contributed by atoms with Gasteiger partial charge in [-0.3, -0.25) is 4.79 Å². The molecule has 1 amide bonds. The lowest BCUT2D eigenvalue weighted by atomic mass is 10.2. The van der Waals surface area contributed by atoms with E-state index >= 15 is 0 Å². The van der Waals surface area contributed by atoms with E-state index in [0.29, 0.717) is 26.4 Å². The molecule has 0 aliphatic carbocycles. The van der Waals surface area contributed by atoms with E-state index in [1.54, 1.807) is 0 Å². The number of hydrogen-bond donors (Lipinski definition) is 2. The second kappa shape index (κ2) is 12.4. The third kappa shape index (κ3) is 11.4. The second-order valence-electron chi connectivity index (χ2n) is 3.51. The third-order valence-electron chi connectivity index (χ3n) is 1.97. The Labute approximate surface area is 97.7 Å². The molecule has 96 valence electrons. The topological polar surface area (TPSA) is 73.6 Å². The monoisotopic (exact) mass is 232 g/mol. The van der Waals surface area contributed by atoms with Gasteiger partial charge in [0.1, 0.15) is 6.61 Å². The fraction of sp³-hybridized carbons (Fsp3) is 0.909. The van der Waals surface area contributed by atoms with Crippen molar-refractivity contribution in [1.29, 1.82) is 0 Å². The van der Waals surface area contributed by atoms with Gasteiger partial charge >= 0.3 is 0 Å². The summed E-state index contributed by atoms with van der Waals surface area (Å²) in [4.78, 5) is 11.2. The number of ether oxygens (including phenoxy) is 2. The molecular weight excluding hydrogens is 208 g/mol. The van der Waals surface area contributed by atoms with Gasteiger partial charge in [-0.1, -0.05) is 19.8 Å². The summed E-state index contributed by atoms with van der Waals surface area (Å²) in [5.74, 6) is -0.0603. The summed E-state index contributed by atoms with van der Waals surface area (Å²) in [6.45, 7) is 4.94. The predicted octanol–water partition coefficient (Wildman–Crippen LogP) is 0.285. The number of rotatable bonds is 11. The standard InChI is InChI=1S/C11H24N2O3/c1-2-3-4-6-13-11(14)10-16-9-8-15-7-5-12/h2-10,12H2,1H3,(H,13,14). The number of carbonyl (C=O) groups is 1. The zero-order valence-electron chi connectivity index (χ0n) is 10.2. The molecule has 0 aliphatic rings. The van der Waals surface area contributed by atoms with Crippen LogP contribution in [0.2, 0.25) is 0 Å². The summed E-state index contributed by atoms with van der Waals surface area (Å²) in [5.41, 5.74) is 5.24. The Morgan fingerprint density at radius 2 is 1.94 bits per heavy atom. The van der Waals surface area contributed by atoms with Gasteiger partial charge in [0.15, 0.2) is 0 Å². The molecule has 0 unspecified atom stereocenters. The average molecular weight is 232 g/mol. The molecule has 0 saturated carbocycles. The van der Waals surface area contributed by atoms with E-state index in [0.717, 1.165) is 25.8 Å². The smallest absolute Gasteiger partial charge is 0.245 e. The first-order valence-electron chi connectivity index (χ1n) is 5.93.